The molecule has 0 bridgehead atoms. The molecule has 0 spiro atoms. The molecule has 6 heteroatoms. The molecule has 0 aromatic heterocycles. The molecule has 170 valence electrons. The first kappa shape index (κ1) is 22.4. The zero-order chi connectivity index (χ0) is 23.2. The second-order valence-corrected chi connectivity index (χ2v) is 7.99. The SMILES string of the molecule is COc1ccc(CC(=O)N2CCNC(=O)[C@@H]2Cc2ccccc2-c2ccccc2)cc1OC. The standard InChI is InChI=1S/C27H28N2O4/c1-32-24-13-12-19(16-25(24)33-2)17-26(30)29-15-14-28-27(31)23(29)18-21-10-6-7-11-22(21)20-8-4-3-5-9-20/h3-13,16,23H,14-15,17-18H2,1-2H3,(H,28,31)/t23-/m0/s1. The molecule has 0 aliphatic carbocycles. The molecule has 6 nitrogen and oxygen atoms in total. The maximum atomic E-state index is 13.3. The molecule has 1 fully saturated rings. The van der Waals surface area contributed by atoms with Crippen LogP contribution in [-0.2, 0) is 22.4 Å². The van der Waals surface area contributed by atoms with Gasteiger partial charge >= 0.3 is 0 Å². The number of benzene rings is 3. The highest BCUT2D eigenvalue weighted by atomic mass is 16.5. The number of hydrogen-bond donors (Lipinski definition) is 1. The van der Waals surface area contributed by atoms with Gasteiger partial charge in [-0.25, -0.2) is 0 Å². The van der Waals surface area contributed by atoms with E-state index in [1.807, 2.05) is 42.5 Å². The van der Waals surface area contributed by atoms with Gasteiger partial charge in [0.15, 0.2) is 11.5 Å². The van der Waals surface area contributed by atoms with Gasteiger partial charge in [-0.3, -0.25) is 9.59 Å². The van der Waals surface area contributed by atoms with Crippen molar-refractivity contribution in [2.75, 3.05) is 27.3 Å². The molecule has 1 saturated heterocycles. The van der Waals surface area contributed by atoms with Crippen LogP contribution in [0.15, 0.2) is 72.8 Å². The number of hydrogen-bond acceptors (Lipinski definition) is 4. The molecule has 33 heavy (non-hydrogen) atoms. The van der Waals surface area contributed by atoms with Gasteiger partial charge in [-0.15, -0.1) is 0 Å². The quantitative estimate of drug-likeness (QED) is 0.606. The predicted molar refractivity (Wildman–Crippen MR) is 127 cm³/mol. The van der Waals surface area contributed by atoms with Gasteiger partial charge < -0.3 is 19.7 Å². The summed E-state index contributed by atoms with van der Waals surface area (Å²) < 4.78 is 10.6. The normalized spacial score (nSPS) is 15.6. The zero-order valence-corrected chi connectivity index (χ0v) is 18.9. The first-order chi connectivity index (χ1) is 16.1. The van der Waals surface area contributed by atoms with E-state index in [1.54, 1.807) is 31.3 Å². The lowest BCUT2D eigenvalue weighted by Gasteiger charge is -2.35. The topological polar surface area (TPSA) is 67.9 Å². The number of piperazine rings is 1. The highest BCUT2D eigenvalue weighted by Crippen LogP contribution is 2.29. The van der Waals surface area contributed by atoms with Crippen molar-refractivity contribution >= 4 is 11.8 Å². The van der Waals surface area contributed by atoms with Crippen LogP contribution in [-0.4, -0.2) is 50.1 Å². The average molecular weight is 445 g/mol. The number of amides is 2. The highest BCUT2D eigenvalue weighted by molar-refractivity contribution is 5.90. The van der Waals surface area contributed by atoms with Crippen molar-refractivity contribution < 1.29 is 19.1 Å². The van der Waals surface area contributed by atoms with E-state index in [-0.39, 0.29) is 18.2 Å². The minimum absolute atomic E-state index is 0.0840. The second-order valence-electron chi connectivity index (χ2n) is 7.99. The van der Waals surface area contributed by atoms with Crippen molar-refractivity contribution in [3.63, 3.8) is 0 Å². The molecule has 1 atom stereocenters. The van der Waals surface area contributed by atoms with E-state index in [2.05, 4.69) is 23.5 Å². The van der Waals surface area contributed by atoms with E-state index in [4.69, 9.17) is 9.47 Å². The third kappa shape index (κ3) is 5.00. The summed E-state index contributed by atoms with van der Waals surface area (Å²) in [5.41, 5.74) is 4.01. The van der Waals surface area contributed by atoms with Gasteiger partial charge in [-0.05, 0) is 34.4 Å². The Hall–Kier alpha value is -3.80. The van der Waals surface area contributed by atoms with Crippen molar-refractivity contribution in [2.24, 2.45) is 0 Å². The van der Waals surface area contributed by atoms with Crippen molar-refractivity contribution in [3.8, 4) is 22.6 Å². The Bertz CT molecular complexity index is 1130. The second kappa shape index (κ2) is 10.2. The van der Waals surface area contributed by atoms with Crippen molar-refractivity contribution in [1.82, 2.24) is 10.2 Å². The number of methoxy groups -OCH3 is 2. The Morgan fingerprint density at radius 2 is 1.70 bits per heavy atom. The molecule has 0 radical (unpaired) electrons. The molecule has 4 rings (SSSR count). The van der Waals surface area contributed by atoms with E-state index in [0.717, 1.165) is 22.3 Å². The first-order valence-electron chi connectivity index (χ1n) is 11.0. The van der Waals surface area contributed by atoms with Crippen molar-refractivity contribution in [1.29, 1.82) is 0 Å². The van der Waals surface area contributed by atoms with E-state index in [9.17, 15) is 9.59 Å². The Morgan fingerprint density at radius 1 is 0.970 bits per heavy atom. The Kier molecular flexibility index (Phi) is 6.93. The van der Waals surface area contributed by atoms with Gasteiger partial charge in [0.05, 0.1) is 20.6 Å². The largest absolute Gasteiger partial charge is 0.493 e. The maximum Gasteiger partial charge on any atom is 0.243 e. The molecule has 3 aromatic carbocycles. The van der Waals surface area contributed by atoms with Crippen LogP contribution in [0.25, 0.3) is 11.1 Å². The summed E-state index contributed by atoms with van der Waals surface area (Å²) in [4.78, 5) is 27.9. The summed E-state index contributed by atoms with van der Waals surface area (Å²) in [5.74, 6) is 0.984. The first-order valence-corrected chi connectivity index (χ1v) is 11.0. The summed E-state index contributed by atoms with van der Waals surface area (Å²) in [6.45, 7) is 0.934. The summed E-state index contributed by atoms with van der Waals surface area (Å²) >= 11 is 0. The fourth-order valence-electron chi connectivity index (χ4n) is 4.29. The number of nitrogens with zero attached hydrogens (tertiary/aromatic N) is 1. The third-order valence-electron chi connectivity index (χ3n) is 5.97. The minimum Gasteiger partial charge on any atom is -0.493 e. The molecule has 1 aliphatic heterocycles. The van der Waals surface area contributed by atoms with Gasteiger partial charge in [0.2, 0.25) is 11.8 Å². The van der Waals surface area contributed by atoms with E-state index >= 15 is 0 Å². The zero-order valence-electron chi connectivity index (χ0n) is 18.9. The van der Waals surface area contributed by atoms with Crippen LogP contribution >= 0.6 is 0 Å². The predicted octanol–water partition coefficient (Wildman–Crippen LogP) is 3.48. The number of carbonyl (C=O) groups is 2. The average Bonchev–Trinajstić information content (AvgIpc) is 2.86. The monoisotopic (exact) mass is 444 g/mol. The smallest absolute Gasteiger partial charge is 0.243 e. The van der Waals surface area contributed by atoms with E-state index in [0.29, 0.717) is 31.0 Å². The Morgan fingerprint density at radius 3 is 2.45 bits per heavy atom. The fraction of sp³-hybridized carbons (Fsp3) is 0.259. The number of nitrogens with one attached hydrogen (secondary N) is 1. The van der Waals surface area contributed by atoms with Crippen molar-refractivity contribution in [2.45, 2.75) is 18.9 Å². The van der Waals surface area contributed by atoms with Crippen LogP contribution in [0.4, 0.5) is 0 Å². The molecule has 1 N–H and O–H groups in total. The lowest BCUT2D eigenvalue weighted by Crippen LogP contribution is -2.58. The van der Waals surface area contributed by atoms with Crippen LogP contribution in [0, 0.1) is 0 Å². The van der Waals surface area contributed by atoms with Gasteiger partial charge in [-0.1, -0.05) is 60.7 Å². The highest BCUT2D eigenvalue weighted by Gasteiger charge is 2.33. The van der Waals surface area contributed by atoms with Crippen LogP contribution < -0.4 is 14.8 Å². The molecular weight excluding hydrogens is 416 g/mol. The molecule has 3 aromatic rings. The van der Waals surface area contributed by atoms with Gasteiger partial charge in [-0.2, -0.15) is 0 Å². The third-order valence-corrected chi connectivity index (χ3v) is 5.97. The number of carbonyl (C=O) groups excluding carboxylic acids is 2. The molecule has 1 heterocycles. The Labute approximate surface area is 194 Å². The van der Waals surface area contributed by atoms with E-state index < -0.39 is 6.04 Å². The summed E-state index contributed by atoms with van der Waals surface area (Å²) in [6, 6.07) is 23.0. The fourth-order valence-corrected chi connectivity index (χ4v) is 4.29. The van der Waals surface area contributed by atoms with Crippen LogP contribution in [0.2, 0.25) is 0 Å². The maximum absolute atomic E-state index is 13.3. The van der Waals surface area contributed by atoms with Gasteiger partial charge in [0.25, 0.3) is 0 Å². The molecule has 0 unspecified atom stereocenters. The molecule has 1 aliphatic rings. The Balaban J connectivity index is 1.57. The van der Waals surface area contributed by atoms with Crippen LogP contribution in [0.1, 0.15) is 11.1 Å². The van der Waals surface area contributed by atoms with Crippen LogP contribution in [0.5, 0.6) is 11.5 Å². The van der Waals surface area contributed by atoms with Gasteiger partial charge in [0.1, 0.15) is 6.04 Å². The number of rotatable bonds is 7. The van der Waals surface area contributed by atoms with Crippen molar-refractivity contribution in [3.05, 3.63) is 83.9 Å². The lowest BCUT2D eigenvalue weighted by molar-refractivity contribution is -0.142. The molecule has 2 amide bonds. The molecule has 0 saturated carbocycles. The summed E-state index contributed by atoms with van der Waals surface area (Å²) in [5, 5.41) is 2.92. The summed E-state index contributed by atoms with van der Waals surface area (Å²) in [7, 11) is 3.14. The van der Waals surface area contributed by atoms with Crippen LogP contribution in [0.3, 0.4) is 0 Å². The molecular formula is C27H28N2O4. The van der Waals surface area contributed by atoms with E-state index in [1.165, 1.54) is 0 Å². The summed E-state index contributed by atoms with van der Waals surface area (Å²) in [6.07, 6.45) is 0.638. The lowest BCUT2D eigenvalue weighted by atomic mass is 9.93. The number of ether oxygens (including phenoxy) is 2. The van der Waals surface area contributed by atoms with Gasteiger partial charge in [0, 0.05) is 19.5 Å². The minimum atomic E-state index is -0.559.